The normalized spacial score (nSPS) is 10.5. The first-order chi connectivity index (χ1) is 11.6. The molecule has 6 heteroatoms. The number of methoxy groups -OCH3 is 2. The van der Waals surface area contributed by atoms with Crippen molar-refractivity contribution < 1.29 is 19.7 Å². The molecule has 0 unspecified atom stereocenters. The summed E-state index contributed by atoms with van der Waals surface area (Å²) in [6.45, 7) is 0.864. The van der Waals surface area contributed by atoms with Gasteiger partial charge in [-0.2, -0.15) is 0 Å². The summed E-state index contributed by atoms with van der Waals surface area (Å²) in [4.78, 5) is 1.90. The van der Waals surface area contributed by atoms with E-state index in [-0.39, 0.29) is 13.2 Å². The molecule has 130 valence electrons. The lowest BCUT2D eigenvalue weighted by atomic mass is 10.0. The minimum atomic E-state index is 0.00217. The van der Waals surface area contributed by atoms with Crippen LogP contribution >= 0.6 is 0 Å². The number of nitrogen functional groups attached to an aromatic ring is 1. The van der Waals surface area contributed by atoms with Gasteiger partial charge in [-0.15, -0.1) is 0 Å². The van der Waals surface area contributed by atoms with Crippen LogP contribution in [0, 0.1) is 0 Å². The van der Waals surface area contributed by atoms with Gasteiger partial charge in [0.2, 0.25) is 0 Å². The predicted molar refractivity (Wildman–Crippen MR) is 95.8 cm³/mol. The van der Waals surface area contributed by atoms with Gasteiger partial charge in [-0.05, 0) is 36.4 Å². The zero-order chi connectivity index (χ0) is 17.5. The molecule has 0 heterocycles. The molecule has 0 amide bonds. The maximum Gasteiger partial charge on any atom is 0.127 e. The molecular weight excluding hydrogens is 308 g/mol. The molecule has 0 aliphatic heterocycles. The second-order valence-corrected chi connectivity index (χ2v) is 5.27. The van der Waals surface area contributed by atoms with E-state index in [1.807, 2.05) is 41.3 Å². The van der Waals surface area contributed by atoms with Crippen molar-refractivity contribution in [3.05, 3.63) is 36.4 Å². The van der Waals surface area contributed by atoms with Crippen molar-refractivity contribution in [2.45, 2.75) is 0 Å². The zero-order valence-corrected chi connectivity index (χ0v) is 14.0. The zero-order valence-electron chi connectivity index (χ0n) is 14.0. The lowest BCUT2D eigenvalue weighted by Gasteiger charge is -2.24. The smallest absolute Gasteiger partial charge is 0.127 e. The monoisotopic (exact) mass is 332 g/mol. The molecule has 4 N–H and O–H groups in total. The molecule has 0 aromatic heterocycles. The van der Waals surface area contributed by atoms with Crippen molar-refractivity contribution in [3.8, 4) is 22.6 Å². The van der Waals surface area contributed by atoms with Gasteiger partial charge in [0.15, 0.2) is 0 Å². The van der Waals surface area contributed by atoms with Gasteiger partial charge in [-0.3, -0.25) is 0 Å². The second-order valence-electron chi connectivity index (χ2n) is 5.27. The lowest BCUT2D eigenvalue weighted by Crippen LogP contribution is -2.29. The van der Waals surface area contributed by atoms with Gasteiger partial charge in [0, 0.05) is 35.6 Å². The summed E-state index contributed by atoms with van der Waals surface area (Å²) >= 11 is 0. The largest absolute Gasteiger partial charge is 0.497 e. The Hall–Kier alpha value is -2.44. The highest BCUT2D eigenvalue weighted by Crippen LogP contribution is 2.38. The number of hydrogen-bond donors (Lipinski definition) is 3. The van der Waals surface area contributed by atoms with E-state index in [9.17, 15) is 10.2 Å². The number of aliphatic hydroxyl groups excluding tert-OH is 2. The molecule has 2 aromatic rings. The summed E-state index contributed by atoms with van der Waals surface area (Å²) in [6.07, 6.45) is 0. The van der Waals surface area contributed by atoms with Crippen molar-refractivity contribution in [1.29, 1.82) is 0 Å². The number of aliphatic hydroxyl groups is 2. The van der Waals surface area contributed by atoms with E-state index in [2.05, 4.69) is 0 Å². The van der Waals surface area contributed by atoms with Gasteiger partial charge in [0.25, 0.3) is 0 Å². The third-order valence-electron chi connectivity index (χ3n) is 3.84. The first-order valence-electron chi connectivity index (χ1n) is 7.73. The number of nitrogens with zero attached hydrogens (tertiary/aromatic N) is 1. The van der Waals surface area contributed by atoms with Crippen molar-refractivity contribution >= 4 is 11.4 Å². The molecule has 0 spiro atoms. The van der Waals surface area contributed by atoms with E-state index in [4.69, 9.17) is 15.2 Å². The van der Waals surface area contributed by atoms with E-state index in [0.29, 0.717) is 30.3 Å². The average molecular weight is 332 g/mol. The Morgan fingerprint density at radius 3 is 2.21 bits per heavy atom. The van der Waals surface area contributed by atoms with Crippen LogP contribution in [0.3, 0.4) is 0 Å². The van der Waals surface area contributed by atoms with Gasteiger partial charge >= 0.3 is 0 Å². The van der Waals surface area contributed by atoms with E-state index in [1.165, 1.54) is 0 Å². The highest BCUT2D eigenvalue weighted by atomic mass is 16.5. The van der Waals surface area contributed by atoms with Crippen LogP contribution in [0.5, 0.6) is 11.5 Å². The molecule has 24 heavy (non-hydrogen) atoms. The minimum Gasteiger partial charge on any atom is -0.497 e. The Balaban J connectivity index is 2.52. The Labute approximate surface area is 142 Å². The fourth-order valence-corrected chi connectivity index (χ4v) is 2.61. The Bertz CT molecular complexity index is 670. The molecule has 0 radical (unpaired) electrons. The average Bonchev–Trinajstić information content (AvgIpc) is 2.61. The highest BCUT2D eigenvalue weighted by Gasteiger charge is 2.14. The Morgan fingerprint density at radius 1 is 0.917 bits per heavy atom. The van der Waals surface area contributed by atoms with Gasteiger partial charge in [0.1, 0.15) is 11.5 Å². The van der Waals surface area contributed by atoms with Gasteiger partial charge in [-0.1, -0.05) is 0 Å². The standard InChI is InChI=1S/C18H24N2O4/c1-23-14-4-6-18(24-2)16(12-14)15-11-13(3-5-17(15)19)20(7-9-21)8-10-22/h3-6,11-12,21-22H,7-10,19H2,1-2H3. The topological polar surface area (TPSA) is 88.2 Å². The highest BCUT2D eigenvalue weighted by molar-refractivity contribution is 5.84. The minimum absolute atomic E-state index is 0.00217. The molecule has 2 aromatic carbocycles. The maximum absolute atomic E-state index is 9.23. The van der Waals surface area contributed by atoms with Crippen LogP contribution in [-0.2, 0) is 0 Å². The van der Waals surface area contributed by atoms with Gasteiger partial charge in [-0.25, -0.2) is 0 Å². The molecule has 0 saturated heterocycles. The van der Waals surface area contributed by atoms with Crippen LogP contribution in [0.25, 0.3) is 11.1 Å². The third kappa shape index (κ3) is 3.90. The molecule has 0 aliphatic carbocycles. The fourth-order valence-electron chi connectivity index (χ4n) is 2.61. The molecule has 0 fully saturated rings. The van der Waals surface area contributed by atoms with E-state index >= 15 is 0 Å². The van der Waals surface area contributed by atoms with Crippen LogP contribution in [-0.4, -0.2) is 50.7 Å². The van der Waals surface area contributed by atoms with Crippen molar-refractivity contribution in [2.75, 3.05) is 51.2 Å². The summed E-state index contributed by atoms with van der Waals surface area (Å²) in [7, 11) is 3.21. The molecule has 0 saturated carbocycles. The molecular formula is C18H24N2O4. The number of anilines is 2. The molecule has 0 bridgehead atoms. The van der Waals surface area contributed by atoms with Crippen molar-refractivity contribution in [2.24, 2.45) is 0 Å². The molecule has 0 aliphatic rings. The van der Waals surface area contributed by atoms with Crippen LogP contribution in [0.2, 0.25) is 0 Å². The Morgan fingerprint density at radius 2 is 1.62 bits per heavy atom. The Kier molecular flexibility index (Phi) is 6.28. The lowest BCUT2D eigenvalue weighted by molar-refractivity contribution is 0.281. The summed E-state index contributed by atoms with van der Waals surface area (Å²) in [5, 5.41) is 18.5. The maximum atomic E-state index is 9.23. The summed E-state index contributed by atoms with van der Waals surface area (Å²) in [5.41, 5.74) is 9.28. The summed E-state index contributed by atoms with van der Waals surface area (Å²) in [6, 6.07) is 11.1. The SMILES string of the molecule is COc1ccc(OC)c(-c2cc(N(CCO)CCO)ccc2N)c1. The number of rotatable bonds is 8. The number of ether oxygens (including phenoxy) is 2. The first kappa shape index (κ1) is 17.9. The predicted octanol–water partition coefficient (Wildman–Crippen LogP) is 1.74. The van der Waals surface area contributed by atoms with Crippen LogP contribution in [0.4, 0.5) is 11.4 Å². The van der Waals surface area contributed by atoms with Crippen molar-refractivity contribution in [3.63, 3.8) is 0 Å². The van der Waals surface area contributed by atoms with Gasteiger partial charge in [0.05, 0.1) is 27.4 Å². The van der Waals surface area contributed by atoms with Crippen LogP contribution in [0.15, 0.2) is 36.4 Å². The number of hydrogen-bond acceptors (Lipinski definition) is 6. The molecule has 0 atom stereocenters. The molecule has 2 rings (SSSR count). The summed E-state index contributed by atoms with van der Waals surface area (Å²) in [5.74, 6) is 1.40. The first-order valence-corrected chi connectivity index (χ1v) is 7.73. The number of benzene rings is 2. The molecule has 6 nitrogen and oxygen atoms in total. The second kappa shape index (κ2) is 8.42. The van der Waals surface area contributed by atoms with E-state index in [1.54, 1.807) is 14.2 Å². The van der Waals surface area contributed by atoms with Crippen LogP contribution in [0.1, 0.15) is 0 Å². The van der Waals surface area contributed by atoms with Crippen molar-refractivity contribution in [1.82, 2.24) is 0 Å². The third-order valence-corrected chi connectivity index (χ3v) is 3.84. The quantitative estimate of drug-likeness (QED) is 0.638. The number of nitrogens with two attached hydrogens (primary N) is 1. The van der Waals surface area contributed by atoms with Gasteiger partial charge < -0.3 is 30.3 Å². The van der Waals surface area contributed by atoms with E-state index in [0.717, 1.165) is 16.8 Å². The fraction of sp³-hybridized carbons (Fsp3) is 0.333. The summed E-state index contributed by atoms with van der Waals surface area (Å²) < 4.78 is 10.7. The van der Waals surface area contributed by atoms with E-state index < -0.39 is 0 Å². The van der Waals surface area contributed by atoms with Crippen LogP contribution < -0.4 is 20.1 Å².